The van der Waals surface area contributed by atoms with Gasteiger partial charge < -0.3 is 4.90 Å². The maximum Gasteiger partial charge on any atom is 0.0456 e. The lowest BCUT2D eigenvalue weighted by molar-refractivity contribution is 0.507. The van der Waals surface area contributed by atoms with Gasteiger partial charge in [0.2, 0.25) is 0 Å². The summed E-state index contributed by atoms with van der Waals surface area (Å²) in [6, 6.07) is 67.1. The van der Waals surface area contributed by atoms with Gasteiger partial charge in [-0.3, -0.25) is 0 Å². The van der Waals surface area contributed by atoms with Crippen molar-refractivity contribution >= 4 is 22.0 Å². The number of fused-ring (bicyclic) bond motifs is 4. The Balaban J connectivity index is 1.24. The lowest BCUT2D eigenvalue weighted by Crippen LogP contribution is -2.34. The van der Waals surface area contributed by atoms with E-state index in [0.717, 1.165) is 25.7 Å². The number of anilines is 1. The van der Waals surface area contributed by atoms with Gasteiger partial charge in [-0.1, -0.05) is 188 Å². The van der Waals surface area contributed by atoms with Gasteiger partial charge in [0.25, 0.3) is 0 Å². The number of nitrogens with zero attached hydrogens (tertiary/aromatic N) is 1. The van der Waals surface area contributed by atoms with Crippen molar-refractivity contribution in [2.24, 2.45) is 0 Å². The molecule has 0 bridgehead atoms. The highest BCUT2D eigenvalue weighted by molar-refractivity contribution is 5.96. The summed E-state index contributed by atoms with van der Waals surface area (Å²) in [5.74, 6) is 0. The molecule has 0 unspecified atom stereocenters. The molecule has 0 N–H and O–H groups in total. The van der Waals surface area contributed by atoms with E-state index < -0.39 is 0 Å². The third kappa shape index (κ3) is 6.24. The third-order valence-electron chi connectivity index (χ3n) is 12.3. The van der Waals surface area contributed by atoms with Crippen LogP contribution in [0.3, 0.4) is 0 Å². The number of hydrogen-bond donors (Lipinski definition) is 0. The first-order valence-corrected chi connectivity index (χ1v) is 19.7. The lowest BCUT2D eigenvalue weighted by atomic mass is 9.67. The van der Waals surface area contributed by atoms with Gasteiger partial charge >= 0.3 is 0 Å². The van der Waals surface area contributed by atoms with Crippen LogP contribution in [-0.4, -0.2) is 7.05 Å². The number of likely N-dealkylation sites (N-methyl/N-ethyl adjacent to an activating group) is 1. The topological polar surface area (TPSA) is 3.24 Å². The van der Waals surface area contributed by atoms with Crippen LogP contribution in [0.25, 0.3) is 16.3 Å². The molecule has 0 radical (unpaired) electrons. The fourth-order valence-electron chi connectivity index (χ4n) is 9.93. The molecule has 1 heteroatoms. The van der Waals surface area contributed by atoms with Crippen molar-refractivity contribution in [3.8, 4) is 0 Å². The molecule has 0 amide bonds. The second-order valence-electron chi connectivity index (χ2n) is 15.5. The highest BCUT2D eigenvalue weighted by atomic mass is 15.2. The average molecular weight is 710 g/mol. The van der Waals surface area contributed by atoms with Crippen molar-refractivity contribution < 1.29 is 0 Å². The van der Waals surface area contributed by atoms with Crippen LogP contribution >= 0.6 is 0 Å². The number of allylic oxidation sites excluding steroid dienone is 6. The van der Waals surface area contributed by atoms with Gasteiger partial charge in [0.15, 0.2) is 0 Å². The minimum atomic E-state index is -0.270. The number of para-hydroxylation sites is 1. The van der Waals surface area contributed by atoms with E-state index in [9.17, 15) is 0 Å². The Morgan fingerprint density at radius 1 is 0.491 bits per heavy atom. The number of rotatable bonds is 10. The Morgan fingerprint density at radius 3 is 1.53 bits per heavy atom. The predicted molar refractivity (Wildman–Crippen MR) is 233 cm³/mol. The maximum atomic E-state index is 2.47. The molecule has 1 heterocycles. The van der Waals surface area contributed by atoms with Crippen LogP contribution in [0.15, 0.2) is 211 Å². The van der Waals surface area contributed by atoms with Crippen LogP contribution in [-0.2, 0) is 36.5 Å². The van der Waals surface area contributed by atoms with E-state index in [-0.39, 0.29) is 10.8 Å². The van der Waals surface area contributed by atoms with Crippen molar-refractivity contribution in [2.75, 3.05) is 11.9 Å². The fourth-order valence-corrected chi connectivity index (χ4v) is 9.93. The van der Waals surface area contributed by atoms with Crippen LogP contribution in [0.2, 0.25) is 0 Å². The second-order valence-corrected chi connectivity index (χ2v) is 15.5. The highest BCUT2D eigenvalue weighted by Gasteiger charge is 2.47. The summed E-state index contributed by atoms with van der Waals surface area (Å²) in [4.78, 5) is 2.45. The summed E-state index contributed by atoms with van der Waals surface area (Å²) in [6.07, 6.45) is 10.9. The van der Waals surface area contributed by atoms with E-state index >= 15 is 0 Å². The lowest BCUT2D eigenvalue weighted by Gasteiger charge is -2.35. The van der Waals surface area contributed by atoms with Crippen LogP contribution in [0.4, 0.5) is 5.69 Å². The molecule has 1 aliphatic heterocycles. The molecular weight excluding hydrogens is 663 g/mol. The zero-order valence-electron chi connectivity index (χ0n) is 31.8. The van der Waals surface area contributed by atoms with Crippen molar-refractivity contribution in [3.63, 3.8) is 0 Å². The van der Waals surface area contributed by atoms with E-state index in [4.69, 9.17) is 0 Å². The van der Waals surface area contributed by atoms with Crippen molar-refractivity contribution in [2.45, 2.75) is 43.4 Å². The van der Waals surface area contributed by atoms with Crippen molar-refractivity contribution in [3.05, 3.63) is 250 Å². The van der Waals surface area contributed by atoms with E-state index in [1.165, 1.54) is 72.2 Å². The minimum absolute atomic E-state index is 0.248. The molecule has 7 aromatic carbocycles. The summed E-state index contributed by atoms with van der Waals surface area (Å²) in [7, 11) is 2.26. The van der Waals surface area contributed by atoms with Gasteiger partial charge in [-0.15, -0.1) is 0 Å². The van der Waals surface area contributed by atoms with E-state index in [2.05, 4.69) is 219 Å². The zero-order chi connectivity index (χ0) is 37.2. The summed E-state index contributed by atoms with van der Waals surface area (Å²) in [5.41, 5.74) is 14.5. The molecule has 2 aliphatic rings. The van der Waals surface area contributed by atoms with Crippen LogP contribution in [0, 0.1) is 0 Å². The molecule has 0 saturated carbocycles. The number of benzene rings is 7. The molecule has 0 saturated heterocycles. The standard InChI is InChI=1S/C54H47N/c1-40-46-35-34-45-28-15-16-29-47(45)52(46)54(38-43-24-11-5-12-25-43,39-44-26-13-6-14-27-44)48(40)31-19-33-51-53(36-41-20-7-3-8-21-41,37-42-22-9-4-10-23-42)49-30-17-18-32-50(49)55(51)2/h3-35H,36-39H2,1-2H3/b31-19+,51-33+. The third-order valence-corrected chi connectivity index (χ3v) is 12.3. The average Bonchev–Trinajstić information content (AvgIpc) is 3.59. The maximum absolute atomic E-state index is 2.47. The van der Waals surface area contributed by atoms with Gasteiger partial charge in [0.1, 0.15) is 0 Å². The van der Waals surface area contributed by atoms with Gasteiger partial charge in [-0.25, -0.2) is 0 Å². The van der Waals surface area contributed by atoms with E-state index in [1.54, 1.807) is 0 Å². The molecule has 55 heavy (non-hydrogen) atoms. The quantitative estimate of drug-likeness (QED) is 0.137. The van der Waals surface area contributed by atoms with Gasteiger partial charge in [-0.05, 0) is 106 Å². The summed E-state index contributed by atoms with van der Waals surface area (Å²) in [5, 5.41) is 2.65. The first-order chi connectivity index (χ1) is 27.1. The molecule has 0 fully saturated rings. The second kappa shape index (κ2) is 14.6. The van der Waals surface area contributed by atoms with Gasteiger partial charge in [-0.2, -0.15) is 0 Å². The van der Waals surface area contributed by atoms with Gasteiger partial charge in [0, 0.05) is 29.3 Å². The molecule has 1 nitrogen and oxygen atoms in total. The predicted octanol–water partition coefficient (Wildman–Crippen LogP) is 12.7. The Kier molecular flexibility index (Phi) is 9.16. The first-order valence-electron chi connectivity index (χ1n) is 19.7. The van der Waals surface area contributed by atoms with Crippen molar-refractivity contribution in [1.82, 2.24) is 0 Å². The van der Waals surface area contributed by atoms with Crippen LogP contribution < -0.4 is 4.90 Å². The molecular formula is C54H47N. The Morgan fingerprint density at radius 2 is 0.964 bits per heavy atom. The first kappa shape index (κ1) is 34.6. The number of hydrogen-bond acceptors (Lipinski definition) is 1. The molecule has 268 valence electrons. The SMILES string of the molecule is CC1=C(/C=C/C=C2/N(C)c3ccccc3C2(Cc2ccccc2)Cc2ccccc2)C(Cc2ccccc2)(Cc2ccccc2)c2c1ccc1ccccc21. The molecule has 0 atom stereocenters. The zero-order valence-corrected chi connectivity index (χ0v) is 31.8. The van der Waals surface area contributed by atoms with Crippen LogP contribution in [0.1, 0.15) is 45.9 Å². The Labute approximate surface area is 326 Å². The van der Waals surface area contributed by atoms with Crippen molar-refractivity contribution in [1.29, 1.82) is 0 Å². The molecule has 0 spiro atoms. The molecule has 1 aliphatic carbocycles. The Bertz CT molecular complexity index is 2460. The molecule has 0 aromatic heterocycles. The monoisotopic (exact) mass is 709 g/mol. The smallest absolute Gasteiger partial charge is 0.0456 e. The van der Waals surface area contributed by atoms with Crippen LogP contribution in [0.5, 0.6) is 0 Å². The van der Waals surface area contributed by atoms with E-state index in [1.807, 2.05) is 0 Å². The molecule has 9 rings (SSSR count). The minimum Gasteiger partial charge on any atom is -0.347 e. The summed E-state index contributed by atoms with van der Waals surface area (Å²) >= 11 is 0. The normalized spacial score (nSPS) is 16.3. The summed E-state index contributed by atoms with van der Waals surface area (Å²) < 4.78 is 0. The largest absolute Gasteiger partial charge is 0.347 e. The van der Waals surface area contributed by atoms with E-state index in [0.29, 0.717) is 0 Å². The molecule has 7 aromatic rings. The van der Waals surface area contributed by atoms with Gasteiger partial charge in [0.05, 0.1) is 0 Å². The fraction of sp³-hybridized carbons (Fsp3) is 0.148. The summed E-state index contributed by atoms with van der Waals surface area (Å²) in [6.45, 7) is 2.35. The Hall–Kier alpha value is -6.18. The highest BCUT2D eigenvalue weighted by Crippen LogP contribution is 2.54.